The lowest BCUT2D eigenvalue weighted by Gasteiger charge is -2.10. The van der Waals surface area contributed by atoms with Gasteiger partial charge in [0.25, 0.3) is 11.8 Å². The molecule has 66 valence electrons. The molecule has 0 bridgehead atoms. The summed E-state index contributed by atoms with van der Waals surface area (Å²) in [6.07, 6.45) is 0.419. The number of imide groups is 1. The minimum absolute atomic E-state index is 0.135. The van der Waals surface area contributed by atoms with Gasteiger partial charge in [0.2, 0.25) is 0 Å². The first-order valence-corrected chi connectivity index (χ1v) is 3.71. The van der Waals surface area contributed by atoms with Gasteiger partial charge in [-0.15, -0.1) is 5.06 Å². The Morgan fingerprint density at radius 2 is 1.92 bits per heavy atom. The van der Waals surface area contributed by atoms with Crippen LogP contribution >= 0.6 is 0 Å². The van der Waals surface area contributed by atoms with Crippen molar-refractivity contribution in [2.45, 2.75) is 26.2 Å². The zero-order valence-corrected chi connectivity index (χ0v) is 6.70. The maximum absolute atomic E-state index is 10.9. The summed E-state index contributed by atoms with van der Waals surface area (Å²) in [5, 5.41) is 0.547. The largest absolute Gasteiger partial charge is 0.332 e. The standard InChI is InChI=1S/C7H9NO4/c1-2-7(11)12-8-5(9)3-4-6(8)10/h2-4H2,1H3/i1+1,2+1,7+1. The molecule has 1 rings (SSSR count). The normalized spacial score (nSPS) is 16.9. The molecule has 0 unspecified atom stereocenters. The van der Waals surface area contributed by atoms with E-state index in [0.29, 0.717) is 5.06 Å². The van der Waals surface area contributed by atoms with E-state index in [1.807, 2.05) is 0 Å². The summed E-state index contributed by atoms with van der Waals surface area (Å²) < 4.78 is 0. The second-order valence-electron chi connectivity index (χ2n) is 2.40. The van der Waals surface area contributed by atoms with Gasteiger partial charge in [-0.3, -0.25) is 9.59 Å². The lowest BCUT2D eigenvalue weighted by molar-refractivity contribution is -0.197. The molecule has 0 aromatic heterocycles. The summed E-state index contributed by atoms with van der Waals surface area (Å²) in [7, 11) is 0. The van der Waals surface area contributed by atoms with Crippen LogP contribution in [0.5, 0.6) is 0 Å². The van der Waals surface area contributed by atoms with Gasteiger partial charge in [-0.1, -0.05) is 6.92 Å². The van der Waals surface area contributed by atoms with E-state index in [0.717, 1.165) is 0 Å². The molecule has 12 heavy (non-hydrogen) atoms. The molecular formula is C7H9NO4. The van der Waals surface area contributed by atoms with E-state index >= 15 is 0 Å². The zero-order valence-electron chi connectivity index (χ0n) is 6.70. The molecule has 1 aliphatic rings. The first-order chi connectivity index (χ1) is 5.65. The molecule has 0 aromatic carbocycles. The van der Waals surface area contributed by atoms with Gasteiger partial charge >= 0.3 is 5.97 Å². The molecule has 1 heterocycles. The van der Waals surface area contributed by atoms with E-state index in [1.54, 1.807) is 6.92 Å². The summed E-state index contributed by atoms with van der Waals surface area (Å²) in [6, 6.07) is 0. The molecule has 0 radical (unpaired) electrons. The Morgan fingerprint density at radius 3 is 2.33 bits per heavy atom. The maximum atomic E-state index is 10.9. The summed E-state index contributed by atoms with van der Waals surface area (Å²) in [4.78, 5) is 36.9. The van der Waals surface area contributed by atoms with Crippen LogP contribution in [0.15, 0.2) is 0 Å². The lowest BCUT2D eigenvalue weighted by Crippen LogP contribution is -2.31. The van der Waals surface area contributed by atoms with Crippen molar-refractivity contribution in [1.29, 1.82) is 0 Å². The minimum atomic E-state index is -0.571. The Morgan fingerprint density at radius 1 is 1.42 bits per heavy atom. The Balaban J connectivity index is 2.56. The fraction of sp³-hybridized carbons (Fsp3) is 0.571. The number of carbonyl (C=O) groups is 3. The van der Waals surface area contributed by atoms with E-state index in [4.69, 9.17) is 0 Å². The van der Waals surface area contributed by atoms with E-state index in [2.05, 4.69) is 4.84 Å². The van der Waals surface area contributed by atoms with Gasteiger partial charge in [0, 0.05) is 19.3 Å². The third-order valence-electron chi connectivity index (χ3n) is 1.49. The van der Waals surface area contributed by atoms with Crippen molar-refractivity contribution in [2.75, 3.05) is 0 Å². The maximum Gasteiger partial charge on any atom is 0.332 e. The van der Waals surface area contributed by atoms with Crippen molar-refractivity contribution >= 4 is 17.8 Å². The second-order valence-corrected chi connectivity index (χ2v) is 2.40. The highest BCUT2D eigenvalue weighted by Gasteiger charge is 2.32. The van der Waals surface area contributed by atoms with Crippen molar-refractivity contribution in [3.05, 3.63) is 0 Å². The van der Waals surface area contributed by atoms with Gasteiger partial charge < -0.3 is 4.84 Å². The molecule has 1 fully saturated rings. The van der Waals surface area contributed by atoms with E-state index in [-0.39, 0.29) is 19.3 Å². The van der Waals surface area contributed by atoms with Crippen LogP contribution in [0.2, 0.25) is 0 Å². The van der Waals surface area contributed by atoms with Crippen molar-refractivity contribution < 1.29 is 19.2 Å². The Kier molecular flexibility index (Phi) is 2.42. The van der Waals surface area contributed by atoms with Crippen LogP contribution in [0.1, 0.15) is 26.2 Å². The molecule has 0 saturated carbocycles. The third kappa shape index (κ3) is 1.61. The van der Waals surface area contributed by atoms with Gasteiger partial charge in [-0.05, 0) is 0 Å². The molecule has 0 aromatic rings. The van der Waals surface area contributed by atoms with Gasteiger partial charge in [-0.2, -0.15) is 0 Å². The lowest BCUT2D eigenvalue weighted by atomic mass is 10.4. The van der Waals surface area contributed by atoms with Crippen LogP contribution in [0.25, 0.3) is 0 Å². The van der Waals surface area contributed by atoms with Crippen molar-refractivity contribution in [2.24, 2.45) is 0 Å². The van der Waals surface area contributed by atoms with Gasteiger partial charge in [-0.25, -0.2) is 4.79 Å². The third-order valence-corrected chi connectivity index (χ3v) is 1.49. The number of rotatable bonds is 2. The van der Waals surface area contributed by atoms with Crippen LogP contribution < -0.4 is 0 Å². The Bertz CT molecular complexity index is 220. The average Bonchev–Trinajstić information content (AvgIpc) is 2.35. The molecular weight excluding hydrogens is 165 g/mol. The van der Waals surface area contributed by atoms with Gasteiger partial charge in [0.05, 0.1) is 0 Å². The number of nitrogens with zero attached hydrogens (tertiary/aromatic N) is 1. The monoisotopic (exact) mass is 174 g/mol. The molecule has 1 saturated heterocycles. The Labute approximate surface area is 69.2 Å². The molecule has 5 nitrogen and oxygen atoms in total. The number of hydroxylamine groups is 2. The Hall–Kier alpha value is -1.39. The van der Waals surface area contributed by atoms with Crippen molar-refractivity contribution in [3.8, 4) is 0 Å². The molecule has 1 aliphatic heterocycles. The van der Waals surface area contributed by atoms with E-state index < -0.39 is 17.8 Å². The highest BCUT2D eigenvalue weighted by Crippen LogP contribution is 2.12. The highest BCUT2D eigenvalue weighted by atomic mass is 16.8. The topological polar surface area (TPSA) is 63.7 Å². The van der Waals surface area contributed by atoms with Gasteiger partial charge in [0.1, 0.15) is 0 Å². The number of hydrogen-bond donors (Lipinski definition) is 0. The molecule has 0 spiro atoms. The van der Waals surface area contributed by atoms with Crippen LogP contribution in [-0.2, 0) is 19.2 Å². The van der Waals surface area contributed by atoms with E-state index in [9.17, 15) is 14.4 Å². The second kappa shape index (κ2) is 3.34. The summed E-state index contributed by atoms with van der Waals surface area (Å²) in [5.41, 5.74) is 0. The average molecular weight is 174 g/mol. The van der Waals surface area contributed by atoms with Gasteiger partial charge in [0.15, 0.2) is 0 Å². The number of hydrogen-bond acceptors (Lipinski definition) is 4. The smallest absolute Gasteiger partial charge is 0.330 e. The highest BCUT2D eigenvalue weighted by molar-refractivity contribution is 6.01. The zero-order chi connectivity index (χ0) is 9.14. The van der Waals surface area contributed by atoms with Crippen LogP contribution in [-0.4, -0.2) is 22.8 Å². The summed E-state index contributed by atoms with van der Waals surface area (Å²) >= 11 is 0. The minimum Gasteiger partial charge on any atom is -0.330 e. The predicted molar refractivity (Wildman–Crippen MR) is 37.5 cm³/mol. The fourth-order valence-electron chi connectivity index (χ4n) is 0.824. The van der Waals surface area contributed by atoms with Crippen LogP contribution in [0.3, 0.4) is 0 Å². The summed E-state index contributed by atoms with van der Waals surface area (Å²) in [5.74, 6) is -1.46. The quantitative estimate of drug-likeness (QED) is 0.436. The molecule has 0 aliphatic carbocycles. The molecule has 0 N–H and O–H groups in total. The molecule has 0 atom stereocenters. The van der Waals surface area contributed by atoms with Crippen LogP contribution in [0.4, 0.5) is 0 Å². The first kappa shape index (κ1) is 8.70. The van der Waals surface area contributed by atoms with Crippen molar-refractivity contribution in [1.82, 2.24) is 5.06 Å². The summed E-state index contributed by atoms with van der Waals surface area (Å²) in [6.45, 7) is 1.59. The SMILES string of the molecule is [13CH3][13CH2][13C](=O)ON1C(=O)CCC1=O. The van der Waals surface area contributed by atoms with Crippen molar-refractivity contribution in [3.63, 3.8) is 0 Å². The number of amides is 2. The molecule has 5 heteroatoms. The van der Waals surface area contributed by atoms with Crippen LogP contribution in [0, 0.1) is 0 Å². The van der Waals surface area contributed by atoms with E-state index in [1.165, 1.54) is 0 Å². The fourth-order valence-corrected chi connectivity index (χ4v) is 0.824. The predicted octanol–water partition coefficient (Wildman–Crippen LogP) is 0.00360. The number of carbonyl (C=O) groups excluding carboxylic acids is 3. The molecule has 2 amide bonds. The first-order valence-electron chi connectivity index (χ1n) is 3.71.